The molecule has 4 rings (SSSR count). The minimum atomic E-state index is -0.835. The van der Waals surface area contributed by atoms with Gasteiger partial charge in [-0.15, -0.1) is 0 Å². The highest BCUT2D eigenvalue weighted by atomic mass is 19.1. The first-order valence-corrected chi connectivity index (χ1v) is 11.9. The zero-order valence-corrected chi connectivity index (χ0v) is 20.5. The second-order valence-electron chi connectivity index (χ2n) is 9.24. The number of aromatic nitrogens is 2. The van der Waals surface area contributed by atoms with E-state index in [9.17, 15) is 18.8 Å². The highest BCUT2D eigenvalue weighted by Gasteiger charge is 2.33. The lowest BCUT2D eigenvalue weighted by molar-refractivity contribution is -0.117. The predicted octanol–water partition coefficient (Wildman–Crippen LogP) is 2.04. The molecular weight excluding hydrogens is 465 g/mol. The van der Waals surface area contributed by atoms with Gasteiger partial charge in [-0.1, -0.05) is 12.1 Å². The van der Waals surface area contributed by atoms with Gasteiger partial charge in [0.1, 0.15) is 11.5 Å². The van der Waals surface area contributed by atoms with E-state index in [0.29, 0.717) is 41.9 Å². The van der Waals surface area contributed by atoms with Crippen molar-refractivity contribution in [1.29, 1.82) is 0 Å². The first kappa shape index (κ1) is 25.5. The van der Waals surface area contributed by atoms with Crippen LogP contribution in [0.1, 0.15) is 45.8 Å². The van der Waals surface area contributed by atoms with Crippen LogP contribution in [0.4, 0.5) is 4.39 Å². The summed E-state index contributed by atoms with van der Waals surface area (Å²) in [5.41, 5.74) is 2.43. The molecule has 3 heterocycles. The maximum atomic E-state index is 13.6. The number of nitrogens with zero attached hydrogens (tertiary/aromatic N) is 3. The van der Waals surface area contributed by atoms with Gasteiger partial charge >= 0.3 is 0 Å². The molecule has 1 saturated heterocycles. The lowest BCUT2D eigenvalue weighted by Gasteiger charge is -2.44. The van der Waals surface area contributed by atoms with E-state index in [0.717, 1.165) is 5.56 Å². The number of rotatable bonds is 7. The summed E-state index contributed by atoms with van der Waals surface area (Å²) in [6.07, 6.45) is 1.41. The van der Waals surface area contributed by atoms with E-state index in [4.69, 9.17) is 5.11 Å². The largest absolute Gasteiger partial charge is 0.395 e. The van der Waals surface area contributed by atoms with Crippen LogP contribution >= 0.6 is 0 Å². The number of H-pyrrole nitrogens is 1. The van der Waals surface area contributed by atoms with Crippen LogP contribution in [-0.2, 0) is 11.3 Å². The number of ketones is 1. The average molecular weight is 496 g/mol. The minimum Gasteiger partial charge on any atom is -0.395 e. The number of hydrogen-bond donors (Lipinski definition) is 3. The maximum Gasteiger partial charge on any atom is 0.292 e. The molecule has 0 radical (unpaired) electrons. The van der Waals surface area contributed by atoms with Gasteiger partial charge in [0.15, 0.2) is 0 Å². The van der Waals surface area contributed by atoms with Gasteiger partial charge in [-0.05, 0) is 44.5 Å². The van der Waals surface area contributed by atoms with Crippen LogP contribution in [0.5, 0.6) is 0 Å². The molecule has 2 atom stereocenters. The molecule has 9 nitrogen and oxygen atoms in total. The third kappa shape index (κ3) is 5.14. The van der Waals surface area contributed by atoms with Gasteiger partial charge in [0.2, 0.25) is 0 Å². The fourth-order valence-corrected chi connectivity index (χ4v) is 4.60. The average Bonchev–Trinajstić information content (AvgIpc) is 3.27. The summed E-state index contributed by atoms with van der Waals surface area (Å²) in [7, 11) is 0. The van der Waals surface area contributed by atoms with E-state index in [-0.39, 0.29) is 42.5 Å². The van der Waals surface area contributed by atoms with Crippen molar-refractivity contribution in [2.45, 2.75) is 39.4 Å². The zero-order chi connectivity index (χ0) is 26.0. The predicted molar refractivity (Wildman–Crippen MR) is 132 cm³/mol. The molecule has 36 heavy (non-hydrogen) atoms. The third-order valence-corrected chi connectivity index (χ3v) is 6.61. The Balaban J connectivity index is 1.54. The standard InChI is InChI=1S/C26H30FN5O4/c1-15-13-32(16(2)12-31(15)14-18-4-6-19(27)7-5-18)26(36)20-10-21-22(11-29-24(21)30-17(20)3)23(34)25(35)28-8-9-33/h4-7,10-11,15-16,33H,8-9,12-14H2,1-3H3,(H,28,35)(H,29,30)/t15-,16+/m0/s1. The van der Waals surface area contributed by atoms with Gasteiger partial charge in [-0.3, -0.25) is 19.3 Å². The number of nitrogens with one attached hydrogen (secondary N) is 2. The first-order valence-electron chi connectivity index (χ1n) is 11.9. The van der Waals surface area contributed by atoms with Crippen LogP contribution in [0.2, 0.25) is 0 Å². The van der Waals surface area contributed by atoms with Gasteiger partial charge in [-0.2, -0.15) is 0 Å². The summed E-state index contributed by atoms with van der Waals surface area (Å²) in [6, 6.07) is 8.05. The third-order valence-electron chi connectivity index (χ3n) is 6.61. The number of aliphatic hydroxyl groups is 1. The van der Waals surface area contributed by atoms with Crippen LogP contribution in [0.3, 0.4) is 0 Å². The summed E-state index contributed by atoms with van der Waals surface area (Å²) in [4.78, 5) is 49.8. The molecule has 3 N–H and O–H groups in total. The van der Waals surface area contributed by atoms with E-state index in [1.54, 1.807) is 25.1 Å². The molecule has 0 saturated carbocycles. The second kappa shape index (κ2) is 10.5. The summed E-state index contributed by atoms with van der Waals surface area (Å²) >= 11 is 0. The second-order valence-corrected chi connectivity index (χ2v) is 9.24. The Morgan fingerprint density at radius 1 is 1.14 bits per heavy atom. The van der Waals surface area contributed by atoms with Crippen molar-refractivity contribution in [3.05, 3.63) is 64.7 Å². The van der Waals surface area contributed by atoms with Gasteiger partial charge in [0.25, 0.3) is 17.6 Å². The number of Topliss-reactive ketones (excluding diaryl/α,β-unsaturated/α-hetero) is 1. The van der Waals surface area contributed by atoms with Crippen LogP contribution in [0.25, 0.3) is 11.0 Å². The van der Waals surface area contributed by atoms with E-state index in [2.05, 4.69) is 27.1 Å². The fourth-order valence-electron chi connectivity index (χ4n) is 4.60. The van der Waals surface area contributed by atoms with E-state index >= 15 is 0 Å². The van der Waals surface area contributed by atoms with Gasteiger partial charge in [0, 0.05) is 49.8 Å². The molecule has 0 aliphatic carbocycles. The molecule has 0 spiro atoms. The molecule has 2 aromatic heterocycles. The number of pyridine rings is 1. The Kier molecular flexibility index (Phi) is 7.46. The monoisotopic (exact) mass is 495 g/mol. The molecule has 1 aromatic carbocycles. The van der Waals surface area contributed by atoms with Crippen molar-refractivity contribution in [3.8, 4) is 0 Å². The van der Waals surface area contributed by atoms with Crippen LogP contribution in [0.15, 0.2) is 36.5 Å². The fraction of sp³-hybridized carbons (Fsp3) is 0.385. The Hall–Kier alpha value is -3.63. The molecule has 0 bridgehead atoms. The molecule has 0 unspecified atom stereocenters. The number of carbonyl (C=O) groups is 3. The van der Waals surface area contributed by atoms with Crippen molar-refractivity contribution < 1.29 is 23.9 Å². The number of halogens is 1. The van der Waals surface area contributed by atoms with Crippen molar-refractivity contribution in [3.63, 3.8) is 0 Å². The summed E-state index contributed by atoms with van der Waals surface area (Å²) in [5.74, 6) is -2.06. The Bertz CT molecular complexity index is 1290. The van der Waals surface area contributed by atoms with E-state index < -0.39 is 11.7 Å². The highest BCUT2D eigenvalue weighted by molar-refractivity contribution is 6.44. The van der Waals surface area contributed by atoms with E-state index in [1.807, 2.05) is 11.8 Å². The molecule has 1 aliphatic heterocycles. The summed E-state index contributed by atoms with van der Waals surface area (Å²) < 4.78 is 13.3. The minimum absolute atomic E-state index is 0.0305. The number of aliphatic hydroxyl groups excluding tert-OH is 1. The number of fused-ring (bicyclic) bond motifs is 1. The van der Waals surface area contributed by atoms with Crippen molar-refractivity contribution in [1.82, 2.24) is 25.1 Å². The number of amides is 2. The summed E-state index contributed by atoms with van der Waals surface area (Å²) in [6.45, 7) is 7.28. The molecule has 190 valence electrons. The number of aromatic amines is 1. The SMILES string of the molecule is Cc1nc2[nH]cc(C(=O)C(=O)NCCO)c2cc1C(=O)N1C[C@H](C)N(Cc2ccc(F)cc2)C[C@H]1C. The quantitative estimate of drug-likeness (QED) is 0.341. The number of carbonyl (C=O) groups excluding carboxylic acids is 3. The number of benzene rings is 1. The smallest absolute Gasteiger partial charge is 0.292 e. The molecule has 10 heteroatoms. The Morgan fingerprint density at radius 2 is 1.86 bits per heavy atom. The van der Waals surface area contributed by atoms with Crippen LogP contribution in [0, 0.1) is 12.7 Å². The maximum absolute atomic E-state index is 13.6. The van der Waals surface area contributed by atoms with Crippen molar-refractivity contribution in [2.75, 3.05) is 26.2 Å². The lowest BCUT2D eigenvalue weighted by atomic mass is 10.0. The summed E-state index contributed by atoms with van der Waals surface area (Å²) in [5, 5.41) is 11.6. The number of hydrogen-bond acceptors (Lipinski definition) is 6. The molecule has 1 aliphatic rings. The number of aryl methyl sites for hydroxylation is 1. The highest BCUT2D eigenvalue weighted by Crippen LogP contribution is 2.25. The van der Waals surface area contributed by atoms with E-state index in [1.165, 1.54) is 18.3 Å². The van der Waals surface area contributed by atoms with Crippen LogP contribution in [-0.4, -0.2) is 80.8 Å². The van der Waals surface area contributed by atoms with Gasteiger partial charge in [-0.25, -0.2) is 9.37 Å². The normalized spacial score (nSPS) is 18.4. The zero-order valence-electron chi connectivity index (χ0n) is 20.5. The molecule has 3 aromatic rings. The first-order chi connectivity index (χ1) is 17.2. The van der Waals surface area contributed by atoms with Gasteiger partial charge in [0.05, 0.1) is 23.4 Å². The topological polar surface area (TPSA) is 119 Å². The van der Waals surface area contributed by atoms with Gasteiger partial charge < -0.3 is 20.3 Å². The van der Waals surface area contributed by atoms with Crippen LogP contribution < -0.4 is 5.32 Å². The Morgan fingerprint density at radius 3 is 2.56 bits per heavy atom. The lowest BCUT2D eigenvalue weighted by Crippen LogP contribution is -2.57. The van der Waals surface area contributed by atoms with Crippen molar-refractivity contribution in [2.24, 2.45) is 0 Å². The Labute approximate surface area is 208 Å². The molecular formula is C26H30FN5O4. The molecule has 2 amide bonds. The number of piperazine rings is 1. The van der Waals surface area contributed by atoms with Crippen molar-refractivity contribution >= 4 is 28.6 Å². The molecule has 1 fully saturated rings.